The van der Waals surface area contributed by atoms with Crippen LogP contribution in [0, 0.1) is 18.3 Å². The highest BCUT2D eigenvalue weighted by Gasteiger charge is 2.39. The number of nitrogens with zero attached hydrogens (tertiary/aromatic N) is 3. The topological polar surface area (TPSA) is 126 Å². The molecule has 2 aliphatic heterocycles. The maximum absolute atomic E-state index is 13.6. The number of rotatable bonds is 8. The molecule has 1 unspecified atom stereocenters. The summed E-state index contributed by atoms with van der Waals surface area (Å²) >= 11 is 0. The van der Waals surface area contributed by atoms with Gasteiger partial charge in [0.15, 0.2) is 5.75 Å². The van der Waals surface area contributed by atoms with E-state index >= 15 is 0 Å². The van der Waals surface area contributed by atoms with Gasteiger partial charge in [0, 0.05) is 25.9 Å². The fourth-order valence-electron chi connectivity index (χ4n) is 5.30. The quantitative estimate of drug-likeness (QED) is 0.384. The minimum atomic E-state index is -4.08. The second-order valence-electron chi connectivity index (χ2n) is 11.7. The average Bonchev–Trinajstić information content (AvgIpc) is 3.33. The van der Waals surface area contributed by atoms with Gasteiger partial charge in [-0.1, -0.05) is 24.3 Å². The summed E-state index contributed by atoms with van der Waals surface area (Å²) < 4.78 is 45.2. The predicted octanol–water partition coefficient (Wildman–Crippen LogP) is 4.98. The van der Waals surface area contributed by atoms with Crippen LogP contribution in [0.15, 0.2) is 42.5 Å². The van der Waals surface area contributed by atoms with Crippen molar-refractivity contribution in [3.63, 3.8) is 0 Å². The molecule has 1 fully saturated rings. The molecule has 1 atom stereocenters. The monoisotopic (exact) mass is 609 g/mol. The maximum Gasteiger partial charge on any atom is 0.410 e. The summed E-state index contributed by atoms with van der Waals surface area (Å²) in [4.78, 5) is 26.4. The molecule has 43 heavy (non-hydrogen) atoms. The molecule has 0 aliphatic carbocycles. The van der Waals surface area contributed by atoms with Gasteiger partial charge in [0.25, 0.3) is 0 Å². The molecule has 0 saturated carbocycles. The highest BCUT2D eigenvalue weighted by Crippen LogP contribution is 2.41. The minimum Gasteiger partial charge on any atom is -0.490 e. The number of carbonyl (C=O) groups excluding carboxylic acids is 2. The number of esters is 1. The van der Waals surface area contributed by atoms with E-state index in [0.29, 0.717) is 49.4 Å². The van der Waals surface area contributed by atoms with Gasteiger partial charge in [0.1, 0.15) is 17.5 Å². The first-order valence-electron chi connectivity index (χ1n) is 14.4. The number of likely N-dealkylation sites (tertiary alicyclic amines) is 1. The maximum atomic E-state index is 13.6. The summed E-state index contributed by atoms with van der Waals surface area (Å²) in [6.07, 6.45) is 4.80. The number of anilines is 1. The van der Waals surface area contributed by atoms with Crippen molar-refractivity contribution in [3.05, 3.63) is 64.7 Å². The van der Waals surface area contributed by atoms with Gasteiger partial charge in [-0.15, -0.1) is 0 Å². The van der Waals surface area contributed by atoms with Crippen molar-refractivity contribution < 1.29 is 32.2 Å². The molecule has 2 aromatic carbocycles. The lowest BCUT2D eigenvalue weighted by molar-refractivity contribution is -0.139. The third kappa shape index (κ3) is 7.87. The number of benzene rings is 2. The molecule has 2 heterocycles. The van der Waals surface area contributed by atoms with Gasteiger partial charge in [-0.25, -0.2) is 13.2 Å². The minimum absolute atomic E-state index is 0.0833. The van der Waals surface area contributed by atoms with Crippen molar-refractivity contribution >= 4 is 33.8 Å². The Kier molecular flexibility index (Phi) is 9.70. The van der Waals surface area contributed by atoms with Gasteiger partial charge in [0.05, 0.1) is 30.0 Å². The smallest absolute Gasteiger partial charge is 0.410 e. The van der Waals surface area contributed by atoms with Crippen molar-refractivity contribution in [3.8, 4) is 11.8 Å². The van der Waals surface area contributed by atoms with Crippen LogP contribution < -0.4 is 9.04 Å². The van der Waals surface area contributed by atoms with Gasteiger partial charge in [-0.05, 0) is 82.0 Å². The molecule has 1 saturated heterocycles. The summed E-state index contributed by atoms with van der Waals surface area (Å²) in [6, 6.07) is 12.0. The molecule has 4 rings (SSSR count). The van der Waals surface area contributed by atoms with E-state index < -0.39 is 33.4 Å². The standard InChI is InChI=1S/C32H39N3O7S/c1-6-40-30(36)21-43(38,39)35-25(11-10-23-8-7-9-24(18-23)20-33)19-27-22(2)29(13-12-28(27)35)41-26-14-16-34(17-15-26)31(37)42-32(3,4)5/h7-13,18,25-26H,6,14-17,19,21H2,1-5H3/b11-10+. The van der Waals surface area contributed by atoms with E-state index in [2.05, 4.69) is 6.07 Å². The summed E-state index contributed by atoms with van der Waals surface area (Å²) in [5, 5.41) is 9.25. The van der Waals surface area contributed by atoms with Crippen LogP contribution in [0.5, 0.6) is 5.75 Å². The van der Waals surface area contributed by atoms with Crippen LogP contribution in [-0.2, 0) is 30.7 Å². The first-order chi connectivity index (χ1) is 20.3. The molecule has 0 N–H and O–H groups in total. The van der Waals surface area contributed by atoms with Crippen LogP contribution in [0.1, 0.15) is 62.8 Å². The number of ether oxygens (including phenoxy) is 3. The van der Waals surface area contributed by atoms with E-state index in [1.54, 1.807) is 54.3 Å². The highest BCUT2D eigenvalue weighted by molar-refractivity contribution is 7.93. The van der Waals surface area contributed by atoms with Crippen LogP contribution >= 0.6 is 0 Å². The third-order valence-electron chi connectivity index (χ3n) is 7.30. The van der Waals surface area contributed by atoms with E-state index in [-0.39, 0.29) is 18.8 Å². The number of amides is 1. The zero-order chi connectivity index (χ0) is 31.4. The number of fused-ring (bicyclic) bond motifs is 1. The average molecular weight is 610 g/mol. The number of hydrogen-bond acceptors (Lipinski definition) is 8. The summed E-state index contributed by atoms with van der Waals surface area (Å²) in [5.74, 6) is -0.930. The summed E-state index contributed by atoms with van der Waals surface area (Å²) in [7, 11) is -4.08. The lowest BCUT2D eigenvalue weighted by atomic mass is 10.0. The van der Waals surface area contributed by atoms with E-state index in [1.165, 1.54) is 4.31 Å². The molecule has 0 bridgehead atoms. The van der Waals surface area contributed by atoms with Gasteiger partial charge in [-0.2, -0.15) is 5.26 Å². The Morgan fingerprint density at radius 1 is 1.14 bits per heavy atom. The van der Waals surface area contributed by atoms with Gasteiger partial charge < -0.3 is 19.1 Å². The molecule has 2 aromatic rings. The Balaban J connectivity index is 1.56. The van der Waals surface area contributed by atoms with Crippen LogP contribution in [0.2, 0.25) is 0 Å². The number of hydrogen-bond donors (Lipinski definition) is 0. The Hall–Kier alpha value is -4.04. The Morgan fingerprint density at radius 2 is 1.86 bits per heavy atom. The first kappa shape index (κ1) is 31.9. The van der Waals surface area contributed by atoms with Crippen molar-refractivity contribution in [2.24, 2.45) is 0 Å². The molecule has 2 aliphatic rings. The normalized spacial score (nSPS) is 17.4. The molecule has 0 radical (unpaired) electrons. The number of nitriles is 1. The van der Waals surface area contributed by atoms with Crippen LogP contribution in [0.3, 0.4) is 0 Å². The van der Waals surface area contributed by atoms with Crippen LogP contribution in [0.4, 0.5) is 10.5 Å². The van der Waals surface area contributed by atoms with Gasteiger partial charge >= 0.3 is 12.1 Å². The highest BCUT2D eigenvalue weighted by atomic mass is 32.2. The van der Waals surface area contributed by atoms with Crippen molar-refractivity contribution in [1.29, 1.82) is 5.26 Å². The molecular weight excluding hydrogens is 570 g/mol. The van der Waals surface area contributed by atoms with Crippen LogP contribution in [-0.4, -0.2) is 68.6 Å². The third-order valence-corrected chi connectivity index (χ3v) is 8.96. The largest absolute Gasteiger partial charge is 0.490 e. The zero-order valence-electron chi connectivity index (χ0n) is 25.3. The lowest BCUT2D eigenvalue weighted by Gasteiger charge is -2.33. The van der Waals surface area contributed by atoms with Gasteiger partial charge in [0.2, 0.25) is 10.0 Å². The van der Waals surface area contributed by atoms with E-state index in [0.717, 1.165) is 16.7 Å². The number of sulfonamides is 1. The molecule has 230 valence electrons. The number of piperidine rings is 1. The molecular formula is C32H39N3O7S. The predicted molar refractivity (Wildman–Crippen MR) is 163 cm³/mol. The van der Waals surface area contributed by atoms with Crippen LogP contribution in [0.25, 0.3) is 6.08 Å². The second kappa shape index (κ2) is 13.1. The van der Waals surface area contributed by atoms with E-state index in [1.807, 2.05) is 33.8 Å². The Bertz CT molecular complexity index is 1530. The molecule has 11 heteroatoms. The second-order valence-corrected chi connectivity index (χ2v) is 13.5. The fraction of sp³-hybridized carbons (Fsp3) is 0.469. The first-order valence-corrected chi connectivity index (χ1v) is 16.1. The fourth-order valence-corrected chi connectivity index (χ4v) is 6.85. The molecule has 10 nitrogen and oxygen atoms in total. The molecule has 0 aromatic heterocycles. The number of carbonyl (C=O) groups is 2. The summed E-state index contributed by atoms with van der Waals surface area (Å²) in [6.45, 7) is 10.2. The van der Waals surface area contributed by atoms with E-state index in [4.69, 9.17) is 14.2 Å². The van der Waals surface area contributed by atoms with Gasteiger partial charge in [-0.3, -0.25) is 9.10 Å². The Morgan fingerprint density at radius 3 is 2.51 bits per heavy atom. The lowest BCUT2D eigenvalue weighted by Crippen LogP contribution is -2.44. The van der Waals surface area contributed by atoms with Crippen molar-refractivity contribution in [2.75, 3.05) is 29.8 Å². The van der Waals surface area contributed by atoms with Crippen molar-refractivity contribution in [2.45, 2.75) is 71.6 Å². The zero-order valence-corrected chi connectivity index (χ0v) is 26.1. The van der Waals surface area contributed by atoms with E-state index in [9.17, 15) is 23.3 Å². The SMILES string of the molecule is CCOC(=O)CS(=O)(=O)N1c2ccc(OC3CCN(C(=O)OC(C)(C)C)CC3)c(C)c2CC1/C=C/c1cccc(C#N)c1. The van der Waals surface area contributed by atoms with Crippen molar-refractivity contribution in [1.82, 2.24) is 4.90 Å². The molecule has 1 amide bonds. The summed E-state index contributed by atoms with van der Waals surface area (Å²) in [5.41, 5.74) is 2.84. The molecule has 0 spiro atoms. The Labute approximate surface area is 253 Å².